The molecule has 1 N–H and O–H groups in total. The molecule has 0 unspecified atom stereocenters. The highest BCUT2D eigenvalue weighted by atomic mass is 32.2. The lowest BCUT2D eigenvalue weighted by atomic mass is 10.1. The molecule has 126 valence electrons. The fraction of sp³-hybridized carbons (Fsp3) is 0.333. The van der Waals surface area contributed by atoms with Crippen molar-refractivity contribution in [3.63, 3.8) is 0 Å². The Morgan fingerprint density at radius 2 is 2.08 bits per heavy atom. The third-order valence-electron chi connectivity index (χ3n) is 3.78. The summed E-state index contributed by atoms with van der Waals surface area (Å²) in [6.07, 6.45) is 0. The second-order valence-corrected chi connectivity index (χ2v) is 6.56. The number of likely N-dealkylation sites (N-methyl/N-ethyl adjacent to an activating group) is 1. The van der Waals surface area contributed by atoms with Crippen LogP contribution in [-0.4, -0.2) is 34.4 Å². The van der Waals surface area contributed by atoms with Gasteiger partial charge in [0.15, 0.2) is 5.17 Å². The number of benzene rings is 1. The number of hydrogen-bond acceptors (Lipinski definition) is 5. The highest BCUT2D eigenvalue weighted by Gasteiger charge is 2.61. The van der Waals surface area contributed by atoms with Crippen molar-refractivity contribution in [1.82, 2.24) is 10.3 Å². The normalized spacial score (nSPS) is 22.0. The van der Waals surface area contributed by atoms with Gasteiger partial charge in [-0.1, -0.05) is 0 Å². The van der Waals surface area contributed by atoms with E-state index in [4.69, 9.17) is 0 Å². The third-order valence-corrected chi connectivity index (χ3v) is 5.02. The molecule has 1 spiro atoms. The van der Waals surface area contributed by atoms with E-state index < -0.39 is 22.5 Å². The maximum atomic E-state index is 13.8. The van der Waals surface area contributed by atoms with Gasteiger partial charge in [0.1, 0.15) is 5.82 Å². The smallest absolute Gasteiger partial charge is 0.270 e. The number of amides is 3. The number of nitrogens with zero attached hydrogens (tertiary/aromatic N) is 3. The lowest BCUT2D eigenvalue weighted by Gasteiger charge is -2.29. The molecule has 24 heavy (non-hydrogen) atoms. The number of amidine groups is 1. The molecule has 1 aromatic rings. The Hall–Kier alpha value is -2.42. The molecule has 2 aliphatic heterocycles. The summed E-state index contributed by atoms with van der Waals surface area (Å²) in [4.78, 5) is 36.4. The van der Waals surface area contributed by atoms with Crippen molar-refractivity contribution in [2.24, 2.45) is 5.10 Å². The Kier molecular flexibility index (Phi) is 3.83. The summed E-state index contributed by atoms with van der Waals surface area (Å²) in [5, 5.41) is 7.70. The zero-order valence-electron chi connectivity index (χ0n) is 13.3. The Balaban J connectivity index is 2.19. The van der Waals surface area contributed by atoms with E-state index >= 15 is 0 Å². The minimum atomic E-state index is -1.53. The molecule has 1 aromatic carbocycles. The second kappa shape index (κ2) is 5.59. The van der Waals surface area contributed by atoms with Gasteiger partial charge in [0.2, 0.25) is 16.7 Å². The second-order valence-electron chi connectivity index (χ2n) is 5.37. The number of hydrogen-bond donors (Lipinski definition) is 1. The van der Waals surface area contributed by atoms with E-state index in [0.717, 1.165) is 16.8 Å². The first kappa shape index (κ1) is 16.4. The van der Waals surface area contributed by atoms with Crippen molar-refractivity contribution < 1.29 is 18.8 Å². The highest BCUT2D eigenvalue weighted by Crippen LogP contribution is 2.54. The molecule has 0 aliphatic carbocycles. The van der Waals surface area contributed by atoms with Crippen LogP contribution in [0.15, 0.2) is 23.3 Å². The summed E-state index contributed by atoms with van der Waals surface area (Å²) in [6.45, 7) is 4.72. The van der Waals surface area contributed by atoms with Crippen molar-refractivity contribution in [2.45, 2.75) is 25.6 Å². The number of rotatable bonds is 1. The summed E-state index contributed by atoms with van der Waals surface area (Å²) in [5.41, 5.74) is 0.876. The quantitative estimate of drug-likeness (QED) is 0.829. The molecular weight excluding hydrogens is 335 g/mol. The van der Waals surface area contributed by atoms with Crippen LogP contribution in [0.4, 0.5) is 10.1 Å². The molecule has 3 rings (SSSR count). The molecule has 0 radical (unpaired) electrons. The standard InChI is InChI=1S/C15H15FN4O3S/c1-4-19-12-6-5-10(16)7-11(12)15(13(19)23)20(9(3)22)18-14(24-15)17-8(2)21/h5-7H,4H2,1-3H3,(H,17,18,21)/t15-/m1/s1. The fourth-order valence-corrected chi connectivity index (χ4v) is 4.22. The predicted molar refractivity (Wildman–Crippen MR) is 87.5 cm³/mol. The molecular formula is C15H15FN4O3S. The van der Waals surface area contributed by atoms with E-state index in [1.165, 1.54) is 36.9 Å². The van der Waals surface area contributed by atoms with Crippen molar-refractivity contribution >= 4 is 40.3 Å². The van der Waals surface area contributed by atoms with Crippen LogP contribution >= 0.6 is 11.8 Å². The molecule has 3 amide bonds. The van der Waals surface area contributed by atoms with Gasteiger partial charge in [0.05, 0.1) is 5.69 Å². The Labute approximate surface area is 141 Å². The van der Waals surface area contributed by atoms with Gasteiger partial charge in [0.25, 0.3) is 5.91 Å². The molecule has 2 heterocycles. The minimum absolute atomic E-state index is 0.124. The summed E-state index contributed by atoms with van der Waals surface area (Å²) in [7, 11) is 0. The van der Waals surface area contributed by atoms with Crippen LogP contribution in [0.1, 0.15) is 26.3 Å². The number of halogens is 1. The maximum absolute atomic E-state index is 13.8. The first-order chi connectivity index (χ1) is 11.3. The molecule has 2 aliphatic rings. The van der Waals surface area contributed by atoms with Crippen LogP contribution in [0.2, 0.25) is 0 Å². The summed E-state index contributed by atoms with van der Waals surface area (Å²) in [6, 6.07) is 4.01. The zero-order chi connectivity index (χ0) is 17.6. The Bertz CT molecular complexity index is 797. The van der Waals surface area contributed by atoms with Crippen LogP contribution in [-0.2, 0) is 19.3 Å². The minimum Gasteiger partial charge on any atom is -0.309 e. The number of nitrogens with one attached hydrogen (secondary N) is 1. The molecule has 0 saturated carbocycles. The van der Waals surface area contributed by atoms with Crippen molar-refractivity contribution in [3.05, 3.63) is 29.6 Å². The van der Waals surface area contributed by atoms with Gasteiger partial charge in [-0.2, -0.15) is 5.01 Å². The fourth-order valence-electron chi connectivity index (χ4n) is 2.90. The topological polar surface area (TPSA) is 82.1 Å². The molecule has 7 nitrogen and oxygen atoms in total. The predicted octanol–water partition coefficient (Wildman–Crippen LogP) is 1.35. The third kappa shape index (κ3) is 2.19. The Morgan fingerprint density at radius 3 is 2.67 bits per heavy atom. The SMILES string of the molecule is CCN1C(=O)[C@]2(SC(NC(C)=O)=NN2C(C)=O)c2cc(F)ccc21. The van der Waals surface area contributed by atoms with Crippen LogP contribution in [0, 0.1) is 5.82 Å². The van der Waals surface area contributed by atoms with Crippen molar-refractivity contribution in [3.8, 4) is 0 Å². The molecule has 1 atom stereocenters. The van der Waals surface area contributed by atoms with E-state index in [9.17, 15) is 18.8 Å². The number of hydrazone groups is 1. The maximum Gasteiger partial charge on any atom is 0.270 e. The van der Waals surface area contributed by atoms with Gasteiger partial charge >= 0.3 is 0 Å². The first-order valence-electron chi connectivity index (χ1n) is 7.29. The van der Waals surface area contributed by atoms with Gasteiger partial charge in [-0.3, -0.25) is 14.4 Å². The van der Waals surface area contributed by atoms with Crippen LogP contribution in [0.3, 0.4) is 0 Å². The first-order valence-corrected chi connectivity index (χ1v) is 8.11. The largest absolute Gasteiger partial charge is 0.309 e. The van der Waals surface area contributed by atoms with Gasteiger partial charge in [-0.25, -0.2) is 4.39 Å². The van der Waals surface area contributed by atoms with Crippen LogP contribution < -0.4 is 10.2 Å². The van der Waals surface area contributed by atoms with Crippen LogP contribution in [0.25, 0.3) is 0 Å². The molecule has 0 aromatic heterocycles. The molecule has 0 saturated heterocycles. The van der Waals surface area contributed by atoms with E-state index in [-0.39, 0.29) is 11.1 Å². The van der Waals surface area contributed by atoms with E-state index in [0.29, 0.717) is 17.8 Å². The summed E-state index contributed by atoms with van der Waals surface area (Å²) >= 11 is 0.929. The average molecular weight is 350 g/mol. The van der Waals surface area contributed by atoms with Gasteiger partial charge in [-0.15, -0.1) is 5.10 Å². The highest BCUT2D eigenvalue weighted by molar-refractivity contribution is 8.15. The Morgan fingerprint density at radius 1 is 1.38 bits per heavy atom. The van der Waals surface area contributed by atoms with E-state index in [1.807, 2.05) is 0 Å². The van der Waals surface area contributed by atoms with Crippen molar-refractivity contribution in [2.75, 3.05) is 11.4 Å². The lowest BCUT2D eigenvalue weighted by Crippen LogP contribution is -2.48. The molecule has 0 bridgehead atoms. The summed E-state index contributed by atoms with van der Waals surface area (Å²) < 4.78 is 13.8. The molecule has 9 heteroatoms. The van der Waals surface area contributed by atoms with E-state index in [1.54, 1.807) is 6.92 Å². The monoisotopic (exact) mass is 350 g/mol. The van der Waals surface area contributed by atoms with Gasteiger partial charge in [0, 0.05) is 26.0 Å². The van der Waals surface area contributed by atoms with E-state index in [2.05, 4.69) is 10.4 Å². The van der Waals surface area contributed by atoms with Gasteiger partial charge < -0.3 is 10.2 Å². The lowest BCUT2D eigenvalue weighted by molar-refractivity contribution is -0.139. The van der Waals surface area contributed by atoms with Crippen molar-refractivity contribution in [1.29, 1.82) is 0 Å². The number of carbonyl (C=O) groups excluding carboxylic acids is 3. The number of anilines is 1. The average Bonchev–Trinajstić information content (AvgIpc) is 2.98. The van der Waals surface area contributed by atoms with Crippen LogP contribution in [0.5, 0.6) is 0 Å². The zero-order valence-corrected chi connectivity index (χ0v) is 14.1. The van der Waals surface area contributed by atoms with Gasteiger partial charge in [-0.05, 0) is 36.9 Å². The number of thioether (sulfide) groups is 1. The number of fused-ring (bicyclic) bond motifs is 2. The molecule has 0 fully saturated rings. The summed E-state index contributed by atoms with van der Waals surface area (Å²) in [5.74, 6) is -1.77. The number of carbonyl (C=O) groups is 3.